The van der Waals surface area contributed by atoms with Crippen LogP contribution in [0.4, 0.5) is 75.4 Å². The summed E-state index contributed by atoms with van der Waals surface area (Å²) in [5, 5.41) is 8.50. The Morgan fingerprint density at radius 2 is 0.690 bits per heavy atom. The SMILES string of the molecule is FC(F)(F)c1cc(NC(=S)Nc2ccccc2NC(=S)Nc2cc(C(F)(F)F)cc(C(F)(F)F)c2)cc(C(F)(F)F)c1. The zero-order chi connectivity index (χ0) is 31.7. The Balaban J connectivity index is 1.80. The van der Waals surface area contributed by atoms with E-state index in [1.807, 2.05) is 0 Å². The van der Waals surface area contributed by atoms with Gasteiger partial charge in [-0.15, -0.1) is 0 Å². The second kappa shape index (κ2) is 11.8. The molecule has 0 spiro atoms. The number of benzene rings is 3. The van der Waals surface area contributed by atoms with Crippen LogP contribution < -0.4 is 21.3 Å². The summed E-state index contributed by atoms with van der Waals surface area (Å²) in [5.74, 6) is 0. The van der Waals surface area contributed by atoms with Crippen molar-refractivity contribution in [3.8, 4) is 0 Å². The van der Waals surface area contributed by atoms with Gasteiger partial charge in [0.05, 0.1) is 33.6 Å². The van der Waals surface area contributed by atoms with Crippen LogP contribution in [0.15, 0.2) is 60.7 Å². The zero-order valence-corrected chi connectivity index (χ0v) is 21.8. The number of para-hydroxylation sites is 2. The van der Waals surface area contributed by atoms with E-state index in [0.29, 0.717) is 24.3 Å². The molecule has 3 aromatic carbocycles. The number of nitrogens with one attached hydrogen (secondary N) is 4. The van der Waals surface area contributed by atoms with Crippen LogP contribution in [-0.4, -0.2) is 10.2 Å². The highest BCUT2D eigenvalue weighted by Crippen LogP contribution is 2.39. The molecule has 0 aliphatic heterocycles. The third-order valence-electron chi connectivity index (χ3n) is 5.11. The minimum absolute atomic E-state index is 0.0298. The molecule has 42 heavy (non-hydrogen) atoms. The minimum Gasteiger partial charge on any atom is -0.332 e. The molecule has 226 valence electrons. The molecular formula is C24H14F12N4S2. The lowest BCUT2D eigenvalue weighted by atomic mass is 10.1. The Morgan fingerprint density at radius 3 is 0.929 bits per heavy atom. The summed E-state index contributed by atoms with van der Waals surface area (Å²) in [4.78, 5) is 0. The monoisotopic (exact) mass is 650 g/mol. The lowest BCUT2D eigenvalue weighted by Gasteiger charge is -2.19. The van der Waals surface area contributed by atoms with Crippen LogP contribution in [0, 0.1) is 0 Å². The van der Waals surface area contributed by atoms with Gasteiger partial charge in [-0.1, -0.05) is 12.1 Å². The van der Waals surface area contributed by atoms with Crippen LogP contribution in [0.25, 0.3) is 0 Å². The molecule has 0 saturated heterocycles. The van der Waals surface area contributed by atoms with E-state index in [1.54, 1.807) is 0 Å². The molecule has 0 aliphatic carbocycles. The molecule has 0 heterocycles. The first-order valence-electron chi connectivity index (χ1n) is 11.0. The van der Waals surface area contributed by atoms with Crippen molar-refractivity contribution in [2.45, 2.75) is 24.7 Å². The molecule has 0 unspecified atom stereocenters. The van der Waals surface area contributed by atoms with Gasteiger partial charge < -0.3 is 21.3 Å². The van der Waals surface area contributed by atoms with Gasteiger partial charge in [0.1, 0.15) is 0 Å². The maximum Gasteiger partial charge on any atom is 0.416 e. The number of anilines is 4. The molecule has 0 radical (unpaired) electrons. The van der Waals surface area contributed by atoms with Gasteiger partial charge >= 0.3 is 24.7 Å². The van der Waals surface area contributed by atoms with Gasteiger partial charge in [0.15, 0.2) is 10.2 Å². The quantitative estimate of drug-likeness (QED) is 0.167. The van der Waals surface area contributed by atoms with Gasteiger partial charge in [-0.2, -0.15) is 52.7 Å². The topological polar surface area (TPSA) is 48.1 Å². The average molecular weight is 651 g/mol. The number of hydrogen-bond acceptors (Lipinski definition) is 2. The van der Waals surface area contributed by atoms with Crippen molar-refractivity contribution in [2.24, 2.45) is 0 Å². The van der Waals surface area contributed by atoms with E-state index in [-0.39, 0.29) is 23.5 Å². The molecule has 0 aliphatic rings. The molecule has 0 aromatic heterocycles. The second-order valence-electron chi connectivity index (χ2n) is 8.29. The summed E-state index contributed by atoms with van der Waals surface area (Å²) in [6.45, 7) is 0. The van der Waals surface area contributed by atoms with Gasteiger partial charge in [0.25, 0.3) is 0 Å². The fourth-order valence-corrected chi connectivity index (χ4v) is 3.78. The standard InChI is InChI=1S/C24H14F12N4S2/c25-21(26,27)11-5-12(22(28,29)30)8-15(7-11)37-19(41)39-17-3-1-2-4-18(17)40-20(42)38-16-9-13(23(31,32)33)6-14(10-16)24(34,35)36/h1-10H,(H2,37,39,41)(H2,38,40,42). The summed E-state index contributed by atoms with van der Waals surface area (Å²) in [6, 6.07) is 6.98. The van der Waals surface area contributed by atoms with Crippen molar-refractivity contribution < 1.29 is 52.7 Å². The van der Waals surface area contributed by atoms with Gasteiger partial charge in [-0.25, -0.2) is 0 Å². The Hall–Kier alpha value is -3.80. The first-order valence-corrected chi connectivity index (χ1v) is 11.8. The molecule has 18 heteroatoms. The Labute approximate surface area is 239 Å². The molecule has 3 rings (SSSR count). The molecule has 4 N–H and O–H groups in total. The molecular weight excluding hydrogens is 636 g/mol. The van der Waals surface area contributed by atoms with Crippen molar-refractivity contribution >= 4 is 57.4 Å². The number of halogens is 12. The summed E-state index contributed by atoms with van der Waals surface area (Å²) in [7, 11) is 0. The number of alkyl halides is 12. The minimum atomic E-state index is -5.10. The third-order valence-corrected chi connectivity index (χ3v) is 5.52. The van der Waals surface area contributed by atoms with Gasteiger partial charge in [-0.3, -0.25) is 0 Å². The fourth-order valence-electron chi connectivity index (χ4n) is 3.32. The summed E-state index contributed by atoms with van der Waals surface area (Å²) in [6.07, 6.45) is -20.4. The highest BCUT2D eigenvalue weighted by Gasteiger charge is 2.38. The third kappa shape index (κ3) is 8.85. The zero-order valence-electron chi connectivity index (χ0n) is 20.1. The molecule has 3 aromatic rings. The largest absolute Gasteiger partial charge is 0.416 e. The molecule has 4 nitrogen and oxygen atoms in total. The van der Waals surface area contributed by atoms with Crippen molar-refractivity contribution in [1.82, 2.24) is 0 Å². The van der Waals surface area contributed by atoms with Crippen molar-refractivity contribution in [1.29, 1.82) is 0 Å². The lowest BCUT2D eigenvalue weighted by Crippen LogP contribution is -2.23. The van der Waals surface area contributed by atoms with Crippen LogP contribution >= 0.6 is 24.4 Å². The number of thiocarbonyl (C=S) groups is 2. The van der Waals surface area contributed by atoms with Crippen molar-refractivity contribution in [2.75, 3.05) is 21.3 Å². The lowest BCUT2D eigenvalue weighted by molar-refractivity contribution is -0.144. The highest BCUT2D eigenvalue weighted by atomic mass is 32.1. The average Bonchev–Trinajstić information content (AvgIpc) is 2.82. The normalized spacial score (nSPS) is 12.5. The van der Waals surface area contributed by atoms with Crippen LogP contribution in [-0.2, 0) is 24.7 Å². The van der Waals surface area contributed by atoms with Crippen LogP contribution in [0.3, 0.4) is 0 Å². The Kier molecular flexibility index (Phi) is 9.21. The van der Waals surface area contributed by atoms with E-state index in [2.05, 4.69) is 21.3 Å². The first-order chi connectivity index (χ1) is 19.1. The van der Waals surface area contributed by atoms with E-state index in [0.717, 1.165) is 0 Å². The summed E-state index contributed by atoms with van der Waals surface area (Å²) < 4.78 is 158. The Morgan fingerprint density at radius 1 is 0.429 bits per heavy atom. The predicted molar refractivity (Wildman–Crippen MR) is 139 cm³/mol. The van der Waals surface area contributed by atoms with Gasteiger partial charge in [0.2, 0.25) is 0 Å². The maximum absolute atomic E-state index is 13.1. The smallest absolute Gasteiger partial charge is 0.332 e. The maximum atomic E-state index is 13.1. The molecule has 0 amide bonds. The fraction of sp³-hybridized carbons (Fsp3) is 0.167. The van der Waals surface area contributed by atoms with E-state index >= 15 is 0 Å². The van der Waals surface area contributed by atoms with E-state index in [9.17, 15) is 52.7 Å². The first kappa shape index (κ1) is 32.7. The van der Waals surface area contributed by atoms with Crippen LogP contribution in [0.1, 0.15) is 22.3 Å². The highest BCUT2D eigenvalue weighted by molar-refractivity contribution is 7.81. The Bertz CT molecular complexity index is 1300. The van der Waals surface area contributed by atoms with Gasteiger partial charge in [-0.05, 0) is 73.0 Å². The van der Waals surface area contributed by atoms with E-state index in [4.69, 9.17) is 24.4 Å². The van der Waals surface area contributed by atoms with E-state index in [1.165, 1.54) is 24.3 Å². The van der Waals surface area contributed by atoms with Crippen LogP contribution in [0.5, 0.6) is 0 Å². The number of rotatable bonds is 4. The summed E-state index contributed by atoms with van der Waals surface area (Å²) in [5.41, 5.74) is -7.61. The molecule has 0 fully saturated rings. The second-order valence-corrected chi connectivity index (χ2v) is 9.11. The summed E-state index contributed by atoms with van der Waals surface area (Å²) >= 11 is 9.99. The van der Waals surface area contributed by atoms with Gasteiger partial charge in [0, 0.05) is 11.4 Å². The molecule has 0 atom stereocenters. The van der Waals surface area contributed by atoms with Crippen molar-refractivity contribution in [3.63, 3.8) is 0 Å². The molecule has 0 bridgehead atoms. The number of hydrogen-bond donors (Lipinski definition) is 4. The van der Waals surface area contributed by atoms with E-state index < -0.39 is 68.6 Å². The van der Waals surface area contributed by atoms with Crippen LogP contribution in [0.2, 0.25) is 0 Å². The molecule has 0 saturated carbocycles. The predicted octanol–water partition coefficient (Wildman–Crippen LogP) is 9.38. The van der Waals surface area contributed by atoms with Crippen molar-refractivity contribution in [3.05, 3.63) is 82.9 Å².